The minimum Gasteiger partial charge on any atom is -0.347 e. The minimum absolute atomic E-state index is 0.0257. The van der Waals surface area contributed by atoms with E-state index < -0.39 is 0 Å². The molecular weight excluding hydrogens is 294 g/mol. The summed E-state index contributed by atoms with van der Waals surface area (Å²) in [7, 11) is 0. The van der Waals surface area contributed by atoms with Gasteiger partial charge >= 0.3 is 0 Å². The first-order valence-corrected chi connectivity index (χ1v) is 9.38. The zero-order valence-corrected chi connectivity index (χ0v) is 14.9. The molecule has 1 saturated heterocycles. The van der Waals surface area contributed by atoms with E-state index in [1.165, 1.54) is 32.2 Å². The third kappa shape index (κ3) is 5.06. The predicted octanol–water partition coefficient (Wildman–Crippen LogP) is 3.61. The first kappa shape index (κ1) is 17.4. The second kappa shape index (κ2) is 8.63. The van der Waals surface area contributed by atoms with Gasteiger partial charge in [-0.15, -0.1) is 11.3 Å². The number of nitrogens with one attached hydrogen (secondary N) is 1. The van der Waals surface area contributed by atoms with Crippen molar-refractivity contribution in [3.8, 4) is 0 Å². The smallest absolute Gasteiger partial charge is 0.217 e. The van der Waals surface area contributed by atoms with Crippen LogP contribution in [0.5, 0.6) is 0 Å². The van der Waals surface area contributed by atoms with Gasteiger partial charge in [-0.05, 0) is 38.1 Å². The zero-order chi connectivity index (χ0) is 15.9. The largest absolute Gasteiger partial charge is 0.347 e. The highest BCUT2D eigenvalue weighted by Crippen LogP contribution is 2.27. The molecule has 1 fully saturated rings. The molecule has 1 aromatic rings. The average Bonchev–Trinajstić information content (AvgIpc) is 3.14. The first-order valence-electron chi connectivity index (χ1n) is 8.50. The number of rotatable bonds is 8. The molecule has 0 bridgehead atoms. The van der Waals surface area contributed by atoms with Gasteiger partial charge in [0.15, 0.2) is 0 Å². The van der Waals surface area contributed by atoms with Crippen molar-refractivity contribution in [2.75, 3.05) is 13.1 Å². The van der Waals surface area contributed by atoms with Gasteiger partial charge in [-0.25, -0.2) is 4.98 Å². The molecule has 1 N–H and O–H groups in total. The Morgan fingerprint density at radius 1 is 1.59 bits per heavy atom. The molecule has 1 aromatic heterocycles. The molecule has 0 radical (unpaired) electrons. The number of aromatic nitrogens is 1. The van der Waals surface area contributed by atoms with Gasteiger partial charge in [0.25, 0.3) is 0 Å². The normalized spacial score (nSPS) is 21.7. The van der Waals surface area contributed by atoms with Crippen LogP contribution in [0.4, 0.5) is 0 Å². The Kier molecular flexibility index (Phi) is 6.83. The topological polar surface area (TPSA) is 45.2 Å². The summed E-state index contributed by atoms with van der Waals surface area (Å²) in [6, 6.07) is 0.784. The van der Waals surface area contributed by atoms with Crippen molar-refractivity contribution in [2.45, 2.75) is 65.0 Å². The fraction of sp³-hybridized carbons (Fsp3) is 0.765. The molecule has 4 nitrogen and oxygen atoms in total. The van der Waals surface area contributed by atoms with Crippen LogP contribution in [0.25, 0.3) is 0 Å². The number of carbonyl (C=O) groups is 1. The van der Waals surface area contributed by atoms with Crippen LogP contribution in [0.1, 0.15) is 63.9 Å². The maximum Gasteiger partial charge on any atom is 0.217 e. The predicted molar refractivity (Wildman–Crippen MR) is 92.0 cm³/mol. The van der Waals surface area contributed by atoms with E-state index >= 15 is 0 Å². The molecule has 0 aliphatic carbocycles. The first-order chi connectivity index (χ1) is 10.6. The number of amides is 1. The molecule has 5 heteroatoms. The van der Waals surface area contributed by atoms with E-state index in [-0.39, 0.29) is 11.9 Å². The van der Waals surface area contributed by atoms with E-state index in [1.54, 1.807) is 18.3 Å². The Morgan fingerprint density at radius 2 is 2.41 bits per heavy atom. The maximum absolute atomic E-state index is 11.4. The van der Waals surface area contributed by atoms with Crippen molar-refractivity contribution < 1.29 is 4.79 Å². The number of hydrogen-bond acceptors (Lipinski definition) is 4. The standard InChI is InChI=1S/C17H29N3OS/c1-4-13(2)12-15-6-5-9-20(15)10-7-16(19-14(3)21)17-18-8-11-22-17/h8,11,13,15-16H,4-7,9-10,12H2,1-3H3,(H,19,21)/t13?,15?,16-/m0/s1. The number of likely N-dealkylation sites (tertiary alicyclic amines) is 1. The summed E-state index contributed by atoms with van der Waals surface area (Å²) < 4.78 is 0. The highest BCUT2D eigenvalue weighted by molar-refractivity contribution is 7.09. The summed E-state index contributed by atoms with van der Waals surface area (Å²) in [5.41, 5.74) is 0. The van der Waals surface area contributed by atoms with Crippen molar-refractivity contribution in [3.05, 3.63) is 16.6 Å². The molecule has 0 aromatic carbocycles. The molecule has 2 rings (SSSR count). The summed E-state index contributed by atoms with van der Waals surface area (Å²) >= 11 is 1.63. The number of carbonyl (C=O) groups excluding carboxylic acids is 1. The highest BCUT2D eigenvalue weighted by Gasteiger charge is 2.26. The Labute approximate surface area is 138 Å². The second-order valence-corrected chi connectivity index (χ2v) is 7.42. The molecule has 124 valence electrons. The third-order valence-corrected chi connectivity index (χ3v) is 5.59. The fourth-order valence-electron chi connectivity index (χ4n) is 3.29. The lowest BCUT2D eigenvalue weighted by atomic mass is 9.97. The molecule has 1 amide bonds. The van der Waals surface area contributed by atoms with E-state index in [9.17, 15) is 4.79 Å². The Balaban J connectivity index is 1.89. The van der Waals surface area contributed by atoms with Crippen molar-refractivity contribution in [1.82, 2.24) is 15.2 Å². The quantitative estimate of drug-likeness (QED) is 0.795. The lowest BCUT2D eigenvalue weighted by Crippen LogP contribution is -2.35. The van der Waals surface area contributed by atoms with Crippen LogP contribution >= 0.6 is 11.3 Å². The fourth-order valence-corrected chi connectivity index (χ4v) is 4.02. The second-order valence-electron chi connectivity index (χ2n) is 6.49. The summed E-state index contributed by atoms with van der Waals surface area (Å²) in [5, 5.41) is 6.05. The number of hydrogen-bond donors (Lipinski definition) is 1. The summed E-state index contributed by atoms with van der Waals surface area (Å²) in [6.45, 7) is 8.46. The number of nitrogens with zero attached hydrogens (tertiary/aromatic N) is 2. The van der Waals surface area contributed by atoms with Gasteiger partial charge in [0, 0.05) is 31.1 Å². The van der Waals surface area contributed by atoms with Crippen molar-refractivity contribution in [3.63, 3.8) is 0 Å². The third-order valence-electron chi connectivity index (χ3n) is 4.70. The van der Waals surface area contributed by atoms with Gasteiger partial charge in [0.1, 0.15) is 5.01 Å². The zero-order valence-electron chi connectivity index (χ0n) is 14.0. The number of thiazole rings is 1. The van der Waals surface area contributed by atoms with Crippen molar-refractivity contribution >= 4 is 17.2 Å². The van der Waals surface area contributed by atoms with Crippen molar-refractivity contribution in [2.24, 2.45) is 5.92 Å². The van der Waals surface area contributed by atoms with Gasteiger partial charge in [0.05, 0.1) is 6.04 Å². The molecule has 22 heavy (non-hydrogen) atoms. The summed E-state index contributed by atoms with van der Waals surface area (Å²) in [5.74, 6) is 0.827. The van der Waals surface area contributed by atoms with Crippen LogP contribution in [-0.4, -0.2) is 34.9 Å². The van der Waals surface area contributed by atoms with Gasteiger partial charge in [-0.3, -0.25) is 4.79 Å². The van der Waals surface area contributed by atoms with Crippen LogP contribution in [0.2, 0.25) is 0 Å². The van der Waals surface area contributed by atoms with Crippen molar-refractivity contribution in [1.29, 1.82) is 0 Å². The van der Waals surface area contributed by atoms with Crippen LogP contribution in [0.3, 0.4) is 0 Å². The van der Waals surface area contributed by atoms with E-state index in [4.69, 9.17) is 0 Å². The van der Waals surface area contributed by atoms with Gasteiger partial charge < -0.3 is 10.2 Å². The highest BCUT2D eigenvalue weighted by atomic mass is 32.1. The average molecular weight is 324 g/mol. The Morgan fingerprint density at radius 3 is 3.05 bits per heavy atom. The molecule has 2 heterocycles. The van der Waals surface area contributed by atoms with E-state index in [1.807, 2.05) is 11.6 Å². The molecule has 1 aliphatic heterocycles. The van der Waals surface area contributed by atoms with Crippen LogP contribution in [0.15, 0.2) is 11.6 Å². The molecule has 0 spiro atoms. The van der Waals surface area contributed by atoms with Gasteiger partial charge in [0.2, 0.25) is 5.91 Å². The summed E-state index contributed by atoms with van der Waals surface area (Å²) in [6.07, 6.45) is 7.96. The lowest BCUT2D eigenvalue weighted by molar-refractivity contribution is -0.119. The van der Waals surface area contributed by atoms with E-state index in [0.29, 0.717) is 0 Å². The monoisotopic (exact) mass is 323 g/mol. The SMILES string of the molecule is CCC(C)CC1CCCN1CC[C@H](NC(C)=O)c1nccs1. The van der Waals surface area contributed by atoms with Crippen LogP contribution in [-0.2, 0) is 4.79 Å². The lowest BCUT2D eigenvalue weighted by Gasteiger charge is -2.28. The molecule has 1 aliphatic rings. The van der Waals surface area contributed by atoms with Crippen LogP contribution in [0, 0.1) is 5.92 Å². The summed E-state index contributed by atoms with van der Waals surface area (Å²) in [4.78, 5) is 18.4. The molecule has 3 atom stereocenters. The maximum atomic E-state index is 11.4. The van der Waals surface area contributed by atoms with Gasteiger partial charge in [-0.1, -0.05) is 20.3 Å². The molecular formula is C17H29N3OS. The molecule has 0 saturated carbocycles. The van der Waals surface area contributed by atoms with Gasteiger partial charge in [-0.2, -0.15) is 0 Å². The minimum atomic E-state index is 0.0257. The Hall–Kier alpha value is -0.940. The Bertz CT molecular complexity index is 449. The van der Waals surface area contributed by atoms with E-state index in [2.05, 4.69) is 29.0 Å². The molecule has 2 unspecified atom stereocenters. The van der Waals surface area contributed by atoms with E-state index in [0.717, 1.165) is 29.9 Å². The van der Waals surface area contributed by atoms with Crippen LogP contribution < -0.4 is 5.32 Å².